The summed E-state index contributed by atoms with van der Waals surface area (Å²) < 4.78 is 0. The van der Waals surface area contributed by atoms with Crippen LogP contribution in [0, 0.1) is 21.4 Å². The summed E-state index contributed by atoms with van der Waals surface area (Å²) in [6.45, 7) is 0.577. The maximum absolute atomic E-state index is 13.1. The molecule has 8 heteroatoms. The number of amides is 1. The number of carboxylic acids is 1. The molecule has 2 aliphatic rings. The second-order valence-corrected chi connectivity index (χ2v) is 7.03. The number of nitrogens with zero attached hydrogens (tertiary/aromatic N) is 3. The number of benzene rings is 1. The fourth-order valence-electron chi connectivity index (χ4n) is 4.45. The molecule has 2 heterocycles. The van der Waals surface area contributed by atoms with E-state index < -0.39 is 16.3 Å². The molecule has 1 aliphatic heterocycles. The second-order valence-electron chi connectivity index (χ2n) is 7.03. The first-order valence-electron chi connectivity index (χ1n) is 8.49. The molecule has 1 amide bonds. The van der Waals surface area contributed by atoms with Crippen LogP contribution in [0.15, 0.2) is 30.5 Å². The second kappa shape index (κ2) is 5.76. The lowest BCUT2D eigenvalue weighted by atomic mass is 9.81. The molecule has 2 aromatic rings. The Hall–Kier alpha value is -3.03. The summed E-state index contributed by atoms with van der Waals surface area (Å²) in [4.78, 5) is 41.3. The number of aliphatic carboxylic acids is 1. The van der Waals surface area contributed by atoms with E-state index in [9.17, 15) is 24.8 Å². The Kier molecular flexibility index (Phi) is 3.64. The zero-order valence-electron chi connectivity index (χ0n) is 13.9. The van der Waals surface area contributed by atoms with E-state index >= 15 is 0 Å². The summed E-state index contributed by atoms with van der Waals surface area (Å²) in [5, 5.41) is 21.2. The average molecular weight is 355 g/mol. The Bertz CT molecular complexity index is 944. The third-order valence-corrected chi connectivity index (χ3v) is 5.76. The lowest BCUT2D eigenvalue weighted by Gasteiger charge is -2.23. The van der Waals surface area contributed by atoms with E-state index in [1.54, 1.807) is 17.0 Å². The van der Waals surface area contributed by atoms with E-state index in [4.69, 9.17) is 0 Å². The number of rotatable bonds is 3. The number of non-ortho nitro benzene ring substituents is 1. The normalized spacial score (nSPS) is 24.6. The zero-order chi connectivity index (χ0) is 18.5. The molecular formula is C18H17N3O5. The molecule has 1 saturated carbocycles. The predicted octanol–water partition coefficient (Wildman–Crippen LogP) is 2.47. The monoisotopic (exact) mass is 355 g/mol. The predicted molar refractivity (Wildman–Crippen MR) is 91.7 cm³/mol. The van der Waals surface area contributed by atoms with Crippen LogP contribution in [0.3, 0.4) is 0 Å². The molecule has 0 radical (unpaired) electrons. The first-order chi connectivity index (χ1) is 12.4. The van der Waals surface area contributed by atoms with E-state index in [-0.39, 0.29) is 35.1 Å². The van der Waals surface area contributed by atoms with Gasteiger partial charge in [0.05, 0.1) is 26.8 Å². The topological polar surface area (TPSA) is 114 Å². The first-order valence-corrected chi connectivity index (χ1v) is 8.49. The minimum absolute atomic E-state index is 0.0405. The summed E-state index contributed by atoms with van der Waals surface area (Å²) in [5.74, 6) is -1.21. The molecule has 1 saturated heterocycles. The summed E-state index contributed by atoms with van der Waals surface area (Å²) in [7, 11) is 0. The lowest BCUT2D eigenvalue weighted by molar-refractivity contribution is -0.383. The summed E-state index contributed by atoms with van der Waals surface area (Å²) in [5.41, 5.74) is -0.426. The standard InChI is InChI=1S/C18H17N3O5/c22-16(20-9-11-3-1-7-18(11,10-20)17(23)24)13-5-6-14(21(25)26)12-4-2-8-19-15(12)13/h2,4-6,8,11H,1,3,7,9-10H2,(H,23,24)/t11-,18+/m0/s1. The Morgan fingerprint density at radius 3 is 2.85 bits per heavy atom. The quantitative estimate of drug-likeness (QED) is 0.668. The highest BCUT2D eigenvalue weighted by atomic mass is 16.6. The van der Waals surface area contributed by atoms with E-state index in [0.717, 1.165) is 12.8 Å². The van der Waals surface area contributed by atoms with Crippen LogP contribution >= 0.6 is 0 Å². The highest BCUT2D eigenvalue weighted by Gasteiger charge is 2.55. The van der Waals surface area contributed by atoms with Crippen molar-refractivity contribution in [1.29, 1.82) is 0 Å². The van der Waals surface area contributed by atoms with Gasteiger partial charge >= 0.3 is 5.97 Å². The lowest BCUT2D eigenvalue weighted by Crippen LogP contribution is -2.37. The van der Waals surface area contributed by atoms with Crippen molar-refractivity contribution >= 4 is 28.5 Å². The van der Waals surface area contributed by atoms with Gasteiger partial charge in [0, 0.05) is 25.4 Å². The van der Waals surface area contributed by atoms with Crippen molar-refractivity contribution in [2.24, 2.45) is 11.3 Å². The Labute approximate surface area is 148 Å². The van der Waals surface area contributed by atoms with Crippen molar-refractivity contribution < 1.29 is 19.6 Å². The van der Waals surface area contributed by atoms with Gasteiger partial charge in [0.1, 0.15) is 0 Å². The molecule has 4 rings (SSSR count). The van der Waals surface area contributed by atoms with Gasteiger partial charge in [-0.25, -0.2) is 0 Å². The number of fused-ring (bicyclic) bond motifs is 2. The zero-order valence-corrected chi connectivity index (χ0v) is 13.9. The first kappa shape index (κ1) is 16.4. The van der Waals surface area contributed by atoms with E-state index in [1.165, 1.54) is 18.3 Å². The Balaban J connectivity index is 1.73. The number of carbonyl (C=O) groups excluding carboxylic acids is 1. The van der Waals surface area contributed by atoms with E-state index in [2.05, 4.69) is 4.98 Å². The molecule has 0 unspecified atom stereocenters. The van der Waals surface area contributed by atoms with Gasteiger partial charge in [-0.1, -0.05) is 6.42 Å². The van der Waals surface area contributed by atoms with Gasteiger partial charge < -0.3 is 10.0 Å². The molecule has 2 atom stereocenters. The highest BCUT2D eigenvalue weighted by Crippen LogP contribution is 2.49. The van der Waals surface area contributed by atoms with Gasteiger partial charge in [-0.05, 0) is 37.0 Å². The smallest absolute Gasteiger partial charge is 0.311 e. The van der Waals surface area contributed by atoms with Crippen LogP contribution in [0.2, 0.25) is 0 Å². The average Bonchev–Trinajstić information content (AvgIpc) is 3.18. The van der Waals surface area contributed by atoms with Gasteiger partial charge in [0.25, 0.3) is 11.6 Å². The summed E-state index contributed by atoms with van der Waals surface area (Å²) in [6, 6.07) is 5.87. The minimum atomic E-state index is -0.861. The summed E-state index contributed by atoms with van der Waals surface area (Å²) >= 11 is 0. The number of carbonyl (C=O) groups is 2. The molecule has 134 valence electrons. The minimum Gasteiger partial charge on any atom is -0.481 e. The fourth-order valence-corrected chi connectivity index (χ4v) is 4.45. The highest BCUT2D eigenvalue weighted by molar-refractivity contribution is 6.08. The van der Waals surface area contributed by atoms with Crippen molar-refractivity contribution in [2.75, 3.05) is 13.1 Å². The number of hydrogen-bond donors (Lipinski definition) is 1. The number of carboxylic acid groups (broad SMARTS) is 1. The van der Waals surface area contributed by atoms with Gasteiger partial charge in [0.2, 0.25) is 0 Å². The van der Waals surface area contributed by atoms with Crippen molar-refractivity contribution in [2.45, 2.75) is 19.3 Å². The van der Waals surface area contributed by atoms with E-state index in [1.807, 2.05) is 0 Å². The Morgan fingerprint density at radius 1 is 1.35 bits per heavy atom. The molecule has 1 aromatic heterocycles. The van der Waals surface area contributed by atoms with Gasteiger partial charge in [0.15, 0.2) is 0 Å². The van der Waals surface area contributed by atoms with Crippen molar-refractivity contribution in [3.8, 4) is 0 Å². The van der Waals surface area contributed by atoms with Crippen molar-refractivity contribution in [3.63, 3.8) is 0 Å². The Morgan fingerprint density at radius 2 is 2.15 bits per heavy atom. The van der Waals surface area contributed by atoms with Gasteiger partial charge in [-0.15, -0.1) is 0 Å². The number of hydrogen-bond acceptors (Lipinski definition) is 5. The van der Waals surface area contributed by atoms with E-state index in [0.29, 0.717) is 18.4 Å². The molecule has 1 aromatic carbocycles. The number of likely N-dealkylation sites (tertiary alicyclic amines) is 1. The van der Waals surface area contributed by atoms with Crippen molar-refractivity contribution in [3.05, 3.63) is 46.1 Å². The largest absolute Gasteiger partial charge is 0.481 e. The van der Waals surface area contributed by atoms with Crippen LogP contribution in [0.25, 0.3) is 10.9 Å². The fraction of sp³-hybridized carbons (Fsp3) is 0.389. The van der Waals surface area contributed by atoms with Gasteiger partial charge in [-0.2, -0.15) is 0 Å². The maximum atomic E-state index is 13.1. The van der Waals surface area contributed by atoms with Crippen molar-refractivity contribution in [1.82, 2.24) is 9.88 Å². The van der Waals surface area contributed by atoms with Crippen LogP contribution in [-0.4, -0.2) is 44.9 Å². The van der Waals surface area contributed by atoms with Crippen LogP contribution in [0.1, 0.15) is 29.6 Å². The number of nitro benzene ring substituents is 1. The molecule has 0 spiro atoms. The third kappa shape index (κ3) is 2.25. The van der Waals surface area contributed by atoms with Gasteiger partial charge in [-0.3, -0.25) is 24.7 Å². The summed E-state index contributed by atoms with van der Waals surface area (Å²) in [6.07, 6.45) is 3.73. The number of aromatic nitrogens is 1. The number of nitro groups is 1. The van der Waals surface area contributed by atoms with Crippen LogP contribution in [0.5, 0.6) is 0 Å². The molecule has 26 heavy (non-hydrogen) atoms. The number of pyridine rings is 1. The molecule has 1 N–H and O–H groups in total. The molecule has 1 aliphatic carbocycles. The molecule has 8 nitrogen and oxygen atoms in total. The third-order valence-electron chi connectivity index (χ3n) is 5.76. The molecule has 0 bridgehead atoms. The van der Waals surface area contributed by atoms with Crippen LogP contribution in [0.4, 0.5) is 5.69 Å². The SMILES string of the molecule is O=C(c1ccc([N+](=O)[O-])c2cccnc12)N1C[C@@H]2CCC[C@@]2(C(=O)O)C1. The van der Waals surface area contributed by atoms with Crippen LogP contribution < -0.4 is 0 Å². The maximum Gasteiger partial charge on any atom is 0.311 e. The molecular weight excluding hydrogens is 338 g/mol. The molecule has 2 fully saturated rings. The van der Waals surface area contributed by atoms with Crippen LogP contribution in [-0.2, 0) is 4.79 Å².